The molecule has 0 aliphatic carbocycles. The molecule has 0 unspecified atom stereocenters. The number of hydrogen-bond acceptors (Lipinski definition) is 3. The minimum atomic E-state index is -0.887. The van der Waals surface area contributed by atoms with Crippen LogP contribution in [0.15, 0.2) is 28.9 Å². The Morgan fingerprint density at radius 3 is 2.94 bits per heavy atom. The number of esters is 1. The summed E-state index contributed by atoms with van der Waals surface area (Å²) in [4.78, 5) is 25.7. The number of carbonyl (C=O) groups excluding carboxylic acids is 2. The van der Waals surface area contributed by atoms with Crippen molar-refractivity contribution in [1.29, 1.82) is 0 Å². The van der Waals surface area contributed by atoms with Crippen LogP contribution < -0.4 is 5.32 Å². The maximum atomic E-state index is 11.5. The summed E-state index contributed by atoms with van der Waals surface area (Å²) in [5, 5.41) is 3.33. The lowest BCUT2D eigenvalue weighted by atomic mass is 10.2. The Kier molecular flexibility index (Phi) is 3.66. The van der Waals surface area contributed by atoms with Crippen LogP contribution in [-0.4, -0.2) is 23.5 Å². The van der Waals surface area contributed by atoms with E-state index in [0.29, 0.717) is 5.69 Å². The molecule has 18 heavy (non-hydrogen) atoms. The van der Waals surface area contributed by atoms with Crippen molar-refractivity contribution in [1.82, 2.24) is 4.98 Å². The highest BCUT2D eigenvalue weighted by Gasteiger charge is 2.16. The number of hydrogen-bond donors (Lipinski definition) is 2. The lowest BCUT2D eigenvalue weighted by Gasteiger charge is -2.03. The Bertz CT molecular complexity index is 606. The van der Waals surface area contributed by atoms with Gasteiger partial charge in [-0.25, -0.2) is 4.79 Å². The van der Waals surface area contributed by atoms with Gasteiger partial charge < -0.3 is 15.0 Å². The third kappa shape index (κ3) is 2.53. The van der Waals surface area contributed by atoms with E-state index in [2.05, 4.69) is 31.0 Å². The smallest absolute Gasteiger partial charge is 0.397 e. The zero-order valence-corrected chi connectivity index (χ0v) is 11.2. The standard InChI is InChI=1S/C12H11BrN2O3/c1-2-18-12(17)11(16)15-10-6-14-9-4-3-7(13)5-8(9)10/h3-6,14H,2H2,1H3,(H,15,16). The first kappa shape index (κ1) is 12.6. The van der Waals surface area contributed by atoms with Gasteiger partial charge in [0.15, 0.2) is 0 Å². The maximum Gasteiger partial charge on any atom is 0.397 e. The number of benzene rings is 1. The lowest BCUT2D eigenvalue weighted by Crippen LogP contribution is -2.24. The average molecular weight is 311 g/mol. The minimum absolute atomic E-state index is 0.172. The van der Waals surface area contributed by atoms with Crippen molar-refractivity contribution in [2.24, 2.45) is 0 Å². The van der Waals surface area contributed by atoms with Gasteiger partial charge in [-0.1, -0.05) is 15.9 Å². The molecular formula is C12H11BrN2O3. The van der Waals surface area contributed by atoms with Crippen LogP contribution >= 0.6 is 15.9 Å². The van der Waals surface area contributed by atoms with Crippen LogP contribution in [0.2, 0.25) is 0 Å². The van der Waals surface area contributed by atoms with E-state index in [1.807, 2.05) is 18.2 Å². The number of aromatic nitrogens is 1. The first-order valence-corrected chi connectivity index (χ1v) is 6.16. The molecule has 0 radical (unpaired) electrons. The number of anilines is 1. The zero-order valence-electron chi connectivity index (χ0n) is 9.62. The Balaban J connectivity index is 2.24. The highest BCUT2D eigenvalue weighted by atomic mass is 79.9. The molecule has 0 aliphatic rings. The summed E-state index contributed by atoms with van der Waals surface area (Å²) in [6, 6.07) is 5.61. The average Bonchev–Trinajstić information content (AvgIpc) is 2.72. The number of nitrogens with one attached hydrogen (secondary N) is 2. The second-order valence-electron chi connectivity index (χ2n) is 3.57. The number of halogens is 1. The lowest BCUT2D eigenvalue weighted by molar-refractivity contribution is -0.152. The molecule has 94 valence electrons. The van der Waals surface area contributed by atoms with Crippen molar-refractivity contribution in [2.45, 2.75) is 6.92 Å². The van der Waals surface area contributed by atoms with Crippen molar-refractivity contribution in [3.8, 4) is 0 Å². The third-order valence-corrected chi connectivity index (χ3v) is 2.85. The molecule has 5 nitrogen and oxygen atoms in total. The molecule has 2 aromatic rings. The highest BCUT2D eigenvalue weighted by molar-refractivity contribution is 9.10. The zero-order chi connectivity index (χ0) is 13.1. The molecule has 0 saturated heterocycles. The molecule has 1 aromatic heterocycles. The Labute approximate surface area is 112 Å². The van der Waals surface area contributed by atoms with Gasteiger partial charge in [0.2, 0.25) is 0 Å². The molecule has 0 atom stereocenters. The minimum Gasteiger partial charge on any atom is -0.459 e. The van der Waals surface area contributed by atoms with E-state index in [-0.39, 0.29) is 6.61 Å². The van der Waals surface area contributed by atoms with Crippen molar-refractivity contribution in [3.05, 3.63) is 28.9 Å². The van der Waals surface area contributed by atoms with Gasteiger partial charge in [-0.05, 0) is 25.1 Å². The van der Waals surface area contributed by atoms with E-state index in [1.54, 1.807) is 13.1 Å². The first-order chi connectivity index (χ1) is 8.61. The molecule has 2 N–H and O–H groups in total. The predicted molar refractivity (Wildman–Crippen MR) is 71.3 cm³/mol. The summed E-state index contributed by atoms with van der Waals surface area (Å²) in [5.74, 6) is -1.67. The molecule has 0 aliphatic heterocycles. The second-order valence-corrected chi connectivity index (χ2v) is 4.48. The first-order valence-electron chi connectivity index (χ1n) is 5.36. The van der Waals surface area contributed by atoms with E-state index in [4.69, 9.17) is 0 Å². The largest absolute Gasteiger partial charge is 0.459 e. The van der Waals surface area contributed by atoms with Gasteiger partial charge in [0.05, 0.1) is 12.3 Å². The topological polar surface area (TPSA) is 71.2 Å². The Morgan fingerprint density at radius 1 is 1.44 bits per heavy atom. The van der Waals surface area contributed by atoms with Gasteiger partial charge in [-0.2, -0.15) is 0 Å². The van der Waals surface area contributed by atoms with Crippen molar-refractivity contribution in [3.63, 3.8) is 0 Å². The van der Waals surface area contributed by atoms with E-state index < -0.39 is 11.9 Å². The molecule has 1 heterocycles. The summed E-state index contributed by atoms with van der Waals surface area (Å²) in [7, 11) is 0. The van der Waals surface area contributed by atoms with Gasteiger partial charge in [0.25, 0.3) is 0 Å². The number of fused-ring (bicyclic) bond motifs is 1. The fourth-order valence-corrected chi connectivity index (χ4v) is 1.93. The molecule has 2 rings (SSSR count). The van der Waals surface area contributed by atoms with E-state index in [9.17, 15) is 9.59 Å². The second kappa shape index (κ2) is 5.22. The Morgan fingerprint density at radius 2 is 2.22 bits per heavy atom. The van der Waals surface area contributed by atoms with E-state index in [0.717, 1.165) is 15.4 Å². The molecule has 0 saturated carbocycles. The SMILES string of the molecule is CCOC(=O)C(=O)Nc1c[nH]c2ccc(Br)cc12. The normalized spacial score (nSPS) is 10.3. The van der Waals surface area contributed by atoms with Crippen molar-refractivity contribution in [2.75, 3.05) is 11.9 Å². The van der Waals surface area contributed by atoms with Crippen molar-refractivity contribution >= 4 is 44.4 Å². The fourth-order valence-electron chi connectivity index (χ4n) is 1.57. The molecule has 6 heteroatoms. The quantitative estimate of drug-likeness (QED) is 0.661. The van der Waals surface area contributed by atoms with Crippen LogP contribution in [0.4, 0.5) is 5.69 Å². The summed E-state index contributed by atoms with van der Waals surface area (Å²) in [5.41, 5.74) is 1.42. The third-order valence-electron chi connectivity index (χ3n) is 2.35. The number of ether oxygens (including phenoxy) is 1. The molecule has 1 aromatic carbocycles. The predicted octanol–water partition coefficient (Wildman–Crippen LogP) is 2.43. The van der Waals surface area contributed by atoms with Gasteiger partial charge in [0.1, 0.15) is 0 Å². The van der Waals surface area contributed by atoms with Crippen molar-refractivity contribution < 1.29 is 14.3 Å². The fraction of sp³-hybridized carbons (Fsp3) is 0.167. The number of H-pyrrole nitrogens is 1. The van der Waals surface area contributed by atoms with Crippen LogP contribution in [0.1, 0.15) is 6.92 Å². The number of amides is 1. The van der Waals surface area contributed by atoms with Crippen LogP contribution in [0.25, 0.3) is 10.9 Å². The number of aromatic amines is 1. The maximum absolute atomic E-state index is 11.5. The Hall–Kier alpha value is -1.82. The van der Waals surface area contributed by atoms with Crippen LogP contribution in [0, 0.1) is 0 Å². The molecule has 1 amide bonds. The van der Waals surface area contributed by atoms with Gasteiger partial charge in [-0.3, -0.25) is 4.79 Å². The van der Waals surface area contributed by atoms with Gasteiger partial charge in [0, 0.05) is 21.6 Å². The van der Waals surface area contributed by atoms with Gasteiger partial charge >= 0.3 is 11.9 Å². The summed E-state index contributed by atoms with van der Waals surface area (Å²) < 4.78 is 5.51. The van der Waals surface area contributed by atoms with Crippen LogP contribution in [-0.2, 0) is 14.3 Å². The summed E-state index contributed by atoms with van der Waals surface area (Å²) in [6.45, 7) is 1.82. The number of carbonyl (C=O) groups is 2. The molecular weight excluding hydrogens is 300 g/mol. The number of rotatable bonds is 2. The van der Waals surface area contributed by atoms with E-state index >= 15 is 0 Å². The molecule has 0 fully saturated rings. The molecule has 0 bridgehead atoms. The summed E-state index contributed by atoms with van der Waals surface area (Å²) in [6.07, 6.45) is 1.63. The highest BCUT2D eigenvalue weighted by Crippen LogP contribution is 2.26. The van der Waals surface area contributed by atoms with Crippen LogP contribution in [0.3, 0.4) is 0 Å². The van der Waals surface area contributed by atoms with E-state index in [1.165, 1.54) is 0 Å². The molecule has 0 spiro atoms. The monoisotopic (exact) mass is 310 g/mol. The summed E-state index contributed by atoms with van der Waals surface area (Å²) >= 11 is 3.35. The van der Waals surface area contributed by atoms with Crippen LogP contribution in [0.5, 0.6) is 0 Å². The van der Waals surface area contributed by atoms with Gasteiger partial charge in [-0.15, -0.1) is 0 Å².